The SMILES string of the molecule is CC[C@@H](CC(=O)c1ccc(OC)nc1)C1CCC(c2cc(C)ccn2)CC1.CC[C@@H](CC(=O)c1ccc(OC)nc1)C1CCC(c2cc(C)ccn2)CC1.CC[C@H](CC(=O)c1ccc(OC)nc1)C1CCC(c2cc(C)ccn2)CC1.CC[C@H](CC(=O)c1ccc(OC)nc1)C1CCC(c2cc(C)ccn2)CC1. The van der Waals surface area contributed by atoms with Gasteiger partial charge in [0.2, 0.25) is 23.5 Å². The average molecular weight is 1470 g/mol. The molecule has 16 heteroatoms. The number of pyridine rings is 8. The predicted octanol–water partition coefficient (Wildman–Crippen LogP) is 21.5. The van der Waals surface area contributed by atoms with Crippen LogP contribution in [0.5, 0.6) is 23.5 Å². The van der Waals surface area contributed by atoms with E-state index in [4.69, 9.17) is 18.9 Å². The van der Waals surface area contributed by atoms with E-state index in [2.05, 4.69) is 144 Å². The molecule has 4 fully saturated rings. The molecule has 4 saturated carbocycles. The van der Waals surface area contributed by atoms with Gasteiger partial charge in [0.15, 0.2) is 23.1 Å². The molecule has 576 valence electrons. The Balaban J connectivity index is 0.000000166. The Labute approximate surface area is 644 Å². The normalized spacial score (nSPS) is 20.9. The summed E-state index contributed by atoms with van der Waals surface area (Å²) in [6.45, 7) is 17.3. The van der Waals surface area contributed by atoms with Gasteiger partial charge in [-0.1, -0.05) is 53.4 Å². The average Bonchev–Trinajstić information content (AvgIpc) is 0.848. The van der Waals surface area contributed by atoms with Crippen LogP contribution in [-0.4, -0.2) is 91.4 Å². The van der Waals surface area contributed by atoms with Gasteiger partial charge in [0.1, 0.15) is 0 Å². The van der Waals surface area contributed by atoms with Crippen LogP contribution in [0.1, 0.15) is 292 Å². The van der Waals surface area contributed by atoms with Crippen molar-refractivity contribution in [1.82, 2.24) is 39.9 Å². The molecular weight excluding hydrogens is 1350 g/mol. The summed E-state index contributed by atoms with van der Waals surface area (Å²) in [5.74, 6) is 9.55. The van der Waals surface area contributed by atoms with Gasteiger partial charge in [0.05, 0.1) is 28.4 Å². The number of rotatable bonds is 28. The maximum absolute atomic E-state index is 12.7. The highest BCUT2D eigenvalue weighted by molar-refractivity contribution is 5.97. The summed E-state index contributed by atoms with van der Waals surface area (Å²) in [7, 11) is 6.33. The minimum absolute atomic E-state index is 0.194. The lowest BCUT2D eigenvalue weighted by Crippen LogP contribution is -2.23. The van der Waals surface area contributed by atoms with Crippen molar-refractivity contribution >= 4 is 23.1 Å². The summed E-state index contributed by atoms with van der Waals surface area (Å²) >= 11 is 0. The van der Waals surface area contributed by atoms with Crippen LogP contribution in [0, 0.1) is 75.0 Å². The summed E-state index contributed by atoms with van der Waals surface area (Å²) in [5.41, 5.74) is 12.8. The topological polar surface area (TPSA) is 208 Å². The minimum Gasteiger partial charge on any atom is -0.481 e. The second-order valence-electron chi connectivity index (χ2n) is 31.0. The van der Waals surface area contributed by atoms with E-state index >= 15 is 0 Å². The summed E-state index contributed by atoms with van der Waals surface area (Å²) < 4.78 is 20.3. The molecule has 0 unspecified atom stereocenters. The quantitative estimate of drug-likeness (QED) is 0.0418. The molecule has 4 atom stereocenters. The first kappa shape index (κ1) is 83.1. The van der Waals surface area contributed by atoms with Crippen LogP contribution in [0.2, 0.25) is 0 Å². The molecule has 8 aromatic rings. The van der Waals surface area contributed by atoms with Gasteiger partial charge in [-0.3, -0.25) is 39.1 Å². The molecule has 0 amide bonds. The Morgan fingerprint density at radius 3 is 0.639 bits per heavy atom. The monoisotopic (exact) mass is 1460 g/mol. The summed E-state index contributed by atoms with van der Waals surface area (Å²) in [6.07, 6.45) is 39.8. The largest absolute Gasteiger partial charge is 0.481 e. The van der Waals surface area contributed by atoms with E-state index in [0.29, 0.717) is 142 Å². The molecule has 0 spiro atoms. The summed E-state index contributed by atoms with van der Waals surface area (Å²) in [5, 5.41) is 0. The zero-order valence-electron chi connectivity index (χ0n) is 66.6. The Bertz CT molecular complexity index is 3520. The first-order valence-electron chi connectivity index (χ1n) is 40.2. The number of aryl methyl sites for hydroxylation is 4. The number of aromatic nitrogens is 8. The number of ketones is 4. The van der Waals surface area contributed by atoms with Gasteiger partial charge in [-0.05, 0) is 273 Å². The smallest absolute Gasteiger partial charge is 0.212 e. The van der Waals surface area contributed by atoms with Gasteiger partial charge in [-0.25, -0.2) is 19.9 Å². The Morgan fingerprint density at radius 1 is 0.296 bits per heavy atom. The maximum Gasteiger partial charge on any atom is 0.212 e. The predicted molar refractivity (Wildman–Crippen MR) is 429 cm³/mol. The van der Waals surface area contributed by atoms with Gasteiger partial charge in [-0.2, -0.15) is 0 Å². The van der Waals surface area contributed by atoms with Crippen molar-refractivity contribution in [2.75, 3.05) is 28.4 Å². The lowest BCUT2D eigenvalue weighted by atomic mass is 9.72. The van der Waals surface area contributed by atoms with Crippen LogP contribution in [0.3, 0.4) is 0 Å². The van der Waals surface area contributed by atoms with Crippen LogP contribution in [-0.2, 0) is 0 Å². The van der Waals surface area contributed by atoms with Crippen molar-refractivity contribution in [3.63, 3.8) is 0 Å². The fraction of sp³-hybridized carbons (Fsp3) is 0.522. The first-order valence-corrected chi connectivity index (χ1v) is 40.2. The van der Waals surface area contributed by atoms with E-state index in [9.17, 15) is 19.2 Å². The van der Waals surface area contributed by atoms with Gasteiger partial charge < -0.3 is 18.9 Å². The number of hydrogen-bond donors (Lipinski definition) is 0. The number of methoxy groups -OCH3 is 4. The molecular formula is C92H120N8O8. The van der Waals surface area contributed by atoms with Crippen molar-refractivity contribution in [2.45, 2.75) is 233 Å². The molecule has 0 N–H and O–H groups in total. The Hall–Kier alpha value is -8.92. The third-order valence-electron chi connectivity index (χ3n) is 24.1. The van der Waals surface area contributed by atoms with Gasteiger partial charge in [0.25, 0.3) is 0 Å². The minimum atomic E-state index is 0.194. The molecule has 108 heavy (non-hydrogen) atoms. The van der Waals surface area contributed by atoms with Crippen LogP contribution in [0.4, 0.5) is 0 Å². The molecule has 0 saturated heterocycles. The van der Waals surface area contributed by atoms with E-state index < -0.39 is 0 Å². The molecule has 4 aliphatic carbocycles. The van der Waals surface area contributed by atoms with Gasteiger partial charge >= 0.3 is 0 Å². The Morgan fingerprint density at radius 2 is 0.491 bits per heavy atom. The second kappa shape index (κ2) is 42.7. The molecule has 12 rings (SSSR count). The maximum atomic E-state index is 12.7. The molecule has 8 aromatic heterocycles. The third-order valence-corrected chi connectivity index (χ3v) is 24.1. The number of carbonyl (C=O) groups is 4. The fourth-order valence-corrected chi connectivity index (χ4v) is 17.3. The standard InChI is InChI=1S/4C23H30N2O2/c4*1-4-17(14-22(26)20-9-10-23(27-3)25-15-20)18-5-7-19(8-6-18)21-13-16(2)11-12-24-21/h4*9-13,15,17-19H,4-8,14H2,1-3H3/t4*17-,18?,19?/m1100/s1. The zero-order valence-corrected chi connectivity index (χ0v) is 66.6. The van der Waals surface area contributed by atoms with E-state index in [-0.39, 0.29) is 23.1 Å². The number of hydrogen-bond acceptors (Lipinski definition) is 16. The highest BCUT2D eigenvalue weighted by Crippen LogP contribution is 2.45. The third kappa shape index (κ3) is 24.5. The van der Waals surface area contributed by atoms with Crippen LogP contribution in [0.25, 0.3) is 0 Å². The number of nitrogens with zero attached hydrogens (tertiary/aromatic N) is 8. The van der Waals surface area contributed by atoms with Crippen LogP contribution < -0.4 is 18.9 Å². The number of ether oxygens (including phenoxy) is 4. The second-order valence-corrected chi connectivity index (χ2v) is 31.0. The van der Waals surface area contributed by atoms with Crippen molar-refractivity contribution in [2.24, 2.45) is 47.3 Å². The van der Waals surface area contributed by atoms with E-state index in [1.54, 1.807) is 77.5 Å². The lowest BCUT2D eigenvalue weighted by molar-refractivity contribution is 0.0917. The highest BCUT2D eigenvalue weighted by Gasteiger charge is 2.34. The van der Waals surface area contributed by atoms with Crippen molar-refractivity contribution in [3.8, 4) is 23.5 Å². The van der Waals surface area contributed by atoms with E-state index in [0.717, 1.165) is 25.7 Å². The molecule has 0 radical (unpaired) electrons. The number of Topliss-reactive ketones (excluding diaryl/α,β-unsaturated/α-hetero) is 4. The molecule has 8 heterocycles. The van der Waals surface area contributed by atoms with Crippen LogP contribution in [0.15, 0.2) is 147 Å². The van der Waals surface area contributed by atoms with Gasteiger partial charge in [-0.15, -0.1) is 0 Å². The molecule has 0 bridgehead atoms. The Kier molecular flexibility index (Phi) is 32.9. The lowest BCUT2D eigenvalue weighted by Gasteiger charge is -2.33. The van der Waals surface area contributed by atoms with Crippen molar-refractivity contribution in [3.05, 3.63) is 214 Å². The van der Waals surface area contributed by atoms with Crippen LogP contribution >= 0.6 is 0 Å². The fourth-order valence-electron chi connectivity index (χ4n) is 17.3. The first-order chi connectivity index (χ1) is 52.4. The van der Waals surface area contributed by atoms with Crippen molar-refractivity contribution in [1.29, 1.82) is 0 Å². The molecule has 0 aliphatic heterocycles. The van der Waals surface area contributed by atoms with E-state index in [1.165, 1.54) is 148 Å². The van der Waals surface area contributed by atoms with E-state index in [1.807, 2.05) is 49.1 Å². The van der Waals surface area contributed by atoms with Crippen molar-refractivity contribution < 1.29 is 38.1 Å². The molecule has 0 aromatic carbocycles. The molecule has 16 nitrogen and oxygen atoms in total. The highest BCUT2D eigenvalue weighted by atomic mass is 16.5. The molecule has 4 aliphatic rings. The van der Waals surface area contributed by atoms with Gasteiger partial charge in [0, 0.05) is 168 Å². The number of carbonyl (C=O) groups excluding carboxylic acids is 4. The summed E-state index contributed by atoms with van der Waals surface area (Å²) in [6, 6.07) is 31.4. The zero-order chi connectivity index (χ0) is 76.9. The summed E-state index contributed by atoms with van der Waals surface area (Å²) in [4.78, 5) is 85.7.